The smallest absolute Gasteiger partial charge is 0.335 e. The summed E-state index contributed by atoms with van der Waals surface area (Å²) in [5.74, 6) is -0.910. The number of likely N-dealkylation sites (tertiary alicyclic amines) is 1. The zero-order valence-electron chi connectivity index (χ0n) is 13.3. The lowest BCUT2D eigenvalue weighted by molar-refractivity contribution is 0.0692. The average molecular weight is 348 g/mol. The van der Waals surface area contributed by atoms with E-state index >= 15 is 0 Å². The van der Waals surface area contributed by atoms with Crippen molar-refractivity contribution in [3.63, 3.8) is 0 Å². The predicted octanol–water partition coefficient (Wildman–Crippen LogP) is 2.79. The Kier molecular flexibility index (Phi) is 4.57. The number of halogens is 1. The topological polar surface area (TPSA) is 75.4 Å². The molecule has 1 aliphatic heterocycles. The summed E-state index contributed by atoms with van der Waals surface area (Å²) >= 11 is 6.07. The van der Waals surface area contributed by atoms with Crippen molar-refractivity contribution in [1.82, 2.24) is 14.7 Å². The Bertz CT molecular complexity index is 770. The van der Waals surface area contributed by atoms with Crippen LogP contribution in [0, 0.1) is 0 Å². The van der Waals surface area contributed by atoms with Crippen LogP contribution in [-0.2, 0) is 7.05 Å². The molecule has 1 aliphatic rings. The highest BCUT2D eigenvalue weighted by molar-refractivity contribution is 6.33. The molecule has 1 N–H and O–H groups in total. The van der Waals surface area contributed by atoms with E-state index in [1.807, 2.05) is 12.1 Å². The third-order valence-corrected chi connectivity index (χ3v) is 4.60. The summed E-state index contributed by atoms with van der Waals surface area (Å²) in [5, 5.41) is 13.5. The Morgan fingerprint density at radius 3 is 2.58 bits per heavy atom. The maximum atomic E-state index is 12.6. The molecule has 1 aromatic heterocycles. The number of aromatic carboxylic acids is 1. The van der Waals surface area contributed by atoms with E-state index < -0.39 is 5.97 Å². The van der Waals surface area contributed by atoms with Crippen LogP contribution in [-0.4, -0.2) is 44.8 Å². The van der Waals surface area contributed by atoms with Gasteiger partial charge in [-0.05, 0) is 30.5 Å². The van der Waals surface area contributed by atoms with Crippen molar-refractivity contribution in [2.75, 3.05) is 13.1 Å². The van der Waals surface area contributed by atoms with Crippen molar-refractivity contribution in [1.29, 1.82) is 0 Å². The van der Waals surface area contributed by atoms with Crippen LogP contribution in [0.25, 0.3) is 0 Å². The molecule has 126 valence electrons. The molecule has 2 aromatic rings. The molecule has 0 bridgehead atoms. The highest BCUT2D eigenvalue weighted by Crippen LogP contribution is 2.28. The van der Waals surface area contributed by atoms with Crippen LogP contribution in [0.1, 0.15) is 45.2 Å². The van der Waals surface area contributed by atoms with Gasteiger partial charge in [0.15, 0.2) is 5.69 Å². The molecule has 1 atom stereocenters. The number of aryl methyl sites for hydroxylation is 1. The van der Waals surface area contributed by atoms with Gasteiger partial charge in [-0.15, -0.1) is 0 Å². The number of hydrogen-bond donors (Lipinski definition) is 1. The minimum absolute atomic E-state index is 0.160. The van der Waals surface area contributed by atoms with Crippen molar-refractivity contribution >= 4 is 23.5 Å². The van der Waals surface area contributed by atoms with E-state index in [-0.39, 0.29) is 23.1 Å². The van der Waals surface area contributed by atoms with Crippen LogP contribution in [0.3, 0.4) is 0 Å². The molecule has 1 amide bonds. The second-order valence-corrected chi connectivity index (χ2v) is 6.42. The molecular formula is C17H18ClN3O3. The number of amides is 1. The van der Waals surface area contributed by atoms with Gasteiger partial charge in [0.25, 0.3) is 5.91 Å². The molecule has 1 aromatic carbocycles. The molecule has 3 rings (SSSR count). The molecule has 0 saturated carbocycles. The average Bonchev–Trinajstić information content (AvgIpc) is 2.92. The quantitative estimate of drug-likeness (QED) is 0.926. The SMILES string of the molecule is Cn1cc(Cl)c(C(=O)N2CCC[C@H](c3ccc(C(=O)O)cc3)C2)n1. The Hall–Kier alpha value is -2.34. The molecule has 0 aliphatic carbocycles. The minimum atomic E-state index is -0.938. The summed E-state index contributed by atoms with van der Waals surface area (Å²) in [4.78, 5) is 25.4. The zero-order valence-corrected chi connectivity index (χ0v) is 14.0. The van der Waals surface area contributed by atoms with Gasteiger partial charge < -0.3 is 10.0 Å². The first kappa shape index (κ1) is 16.5. The number of benzene rings is 1. The summed E-state index contributed by atoms with van der Waals surface area (Å²) in [5.41, 5.74) is 1.59. The number of aromatic nitrogens is 2. The Balaban J connectivity index is 1.75. The van der Waals surface area contributed by atoms with Gasteiger partial charge >= 0.3 is 5.97 Å². The van der Waals surface area contributed by atoms with E-state index in [0.29, 0.717) is 18.1 Å². The summed E-state index contributed by atoms with van der Waals surface area (Å²) in [6, 6.07) is 6.87. The number of rotatable bonds is 3. The molecule has 0 radical (unpaired) electrons. The number of carboxylic acids is 1. The van der Waals surface area contributed by atoms with Crippen LogP contribution >= 0.6 is 11.6 Å². The maximum absolute atomic E-state index is 12.6. The second kappa shape index (κ2) is 6.65. The molecular weight excluding hydrogens is 330 g/mol. The molecule has 0 unspecified atom stereocenters. The molecule has 2 heterocycles. The van der Waals surface area contributed by atoms with Gasteiger partial charge in [0.05, 0.1) is 10.6 Å². The minimum Gasteiger partial charge on any atom is -0.478 e. The van der Waals surface area contributed by atoms with Crippen LogP contribution in [0.15, 0.2) is 30.5 Å². The van der Waals surface area contributed by atoms with Gasteiger partial charge in [-0.2, -0.15) is 5.10 Å². The summed E-state index contributed by atoms with van der Waals surface area (Å²) in [6.07, 6.45) is 3.47. The van der Waals surface area contributed by atoms with Crippen LogP contribution < -0.4 is 0 Å². The Morgan fingerprint density at radius 1 is 1.29 bits per heavy atom. The fourth-order valence-corrected chi connectivity index (χ4v) is 3.35. The van der Waals surface area contributed by atoms with Crippen LogP contribution in [0.2, 0.25) is 5.02 Å². The number of carbonyl (C=O) groups excluding carboxylic acids is 1. The van der Waals surface area contributed by atoms with Gasteiger partial charge in [0.1, 0.15) is 0 Å². The first-order valence-corrected chi connectivity index (χ1v) is 8.15. The normalized spacial score (nSPS) is 17.8. The molecule has 6 nitrogen and oxygen atoms in total. The second-order valence-electron chi connectivity index (χ2n) is 6.02. The van der Waals surface area contributed by atoms with Gasteiger partial charge in [-0.1, -0.05) is 23.7 Å². The van der Waals surface area contributed by atoms with E-state index in [0.717, 1.165) is 18.4 Å². The highest BCUT2D eigenvalue weighted by atomic mass is 35.5. The van der Waals surface area contributed by atoms with Gasteiger partial charge in [0, 0.05) is 32.3 Å². The Morgan fingerprint density at radius 2 is 2.00 bits per heavy atom. The summed E-state index contributed by atoms with van der Waals surface area (Å²) < 4.78 is 1.53. The number of carbonyl (C=O) groups is 2. The van der Waals surface area contributed by atoms with Crippen molar-refractivity contribution < 1.29 is 14.7 Å². The van der Waals surface area contributed by atoms with Gasteiger partial charge in [-0.25, -0.2) is 4.79 Å². The van der Waals surface area contributed by atoms with Crippen molar-refractivity contribution in [2.45, 2.75) is 18.8 Å². The number of hydrogen-bond acceptors (Lipinski definition) is 3. The van der Waals surface area contributed by atoms with Crippen LogP contribution in [0.4, 0.5) is 0 Å². The maximum Gasteiger partial charge on any atom is 0.335 e. The third-order valence-electron chi connectivity index (χ3n) is 4.32. The van der Waals surface area contributed by atoms with E-state index in [1.165, 1.54) is 4.68 Å². The fraction of sp³-hybridized carbons (Fsp3) is 0.353. The van der Waals surface area contributed by atoms with Gasteiger partial charge in [-0.3, -0.25) is 9.48 Å². The lowest BCUT2D eigenvalue weighted by atomic mass is 9.90. The largest absolute Gasteiger partial charge is 0.478 e. The lowest BCUT2D eigenvalue weighted by Gasteiger charge is -2.32. The van der Waals surface area contributed by atoms with E-state index in [9.17, 15) is 9.59 Å². The number of nitrogens with zero attached hydrogens (tertiary/aromatic N) is 3. The molecule has 0 spiro atoms. The number of carboxylic acid groups (broad SMARTS) is 1. The lowest BCUT2D eigenvalue weighted by Crippen LogP contribution is -2.39. The molecule has 1 fully saturated rings. The highest BCUT2D eigenvalue weighted by Gasteiger charge is 2.28. The van der Waals surface area contributed by atoms with Crippen molar-refractivity contribution in [2.24, 2.45) is 7.05 Å². The predicted molar refractivity (Wildman–Crippen MR) is 89.5 cm³/mol. The Labute approximate surface area is 144 Å². The monoisotopic (exact) mass is 347 g/mol. The fourth-order valence-electron chi connectivity index (χ4n) is 3.09. The van der Waals surface area contributed by atoms with Crippen LogP contribution in [0.5, 0.6) is 0 Å². The van der Waals surface area contributed by atoms with E-state index in [1.54, 1.807) is 30.3 Å². The molecule has 1 saturated heterocycles. The van der Waals surface area contributed by atoms with Crippen molar-refractivity contribution in [3.05, 3.63) is 52.3 Å². The third kappa shape index (κ3) is 3.28. The first-order valence-electron chi connectivity index (χ1n) is 7.77. The molecule has 24 heavy (non-hydrogen) atoms. The van der Waals surface area contributed by atoms with E-state index in [2.05, 4.69) is 5.10 Å². The zero-order chi connectivity index (χ0) is 17.3. The molecule has 7 heteroatoms. The van der Waals surface area contributed by atoms with Gasteiger partial charge in [0.2, 0.25) is 0 Å². The summed E-state index contributed by atoms with van der Waals surface area (Å²) in [6.45, 7) is 1.26. The standard InChI is InChI=1S/C17H18ClN3O3/c1-20-10-14(18)15(19-20)16(22)21-8-2-3-13(9-21)11-4-6-12(7-5-11)17(23)24/h4-7,10,13H,2-3,8-9H2,1H3,(H,23,24)/t13-/m0/s1. The van der Waals surface area contributed by atoms with E-state index in [4.69, 9.17) is 16.7 Å². The van der Waals surface area contributed by atoms with Crippen molar-refractivity contribution in [3.8, 4) is 0 Å². The first-order chi connectivity index (χ1) is 11.5. The number of piperidine rings is 1. The summed E-state index contributed by atoms with van der Waals surface area (Å²) in [7, 11) is 1.73.